The summed E-state index contributed by atoms with van der Waals surface area (Å²) >= 11 is 1.89. The molecule has 0 aromatic heterocycles. The van der Waals surface area contributed by atoms with Crippen molar-refractivity contribution in [3.8, 4) is 0 Å². The molecule has 0 bridgehead atoms. The maximum atomic E-state index is 4.31. The summed E-state index contributed by atoms with van der Waals surface area (Å²) in [5, 5.41) is 1.34. The van der Waals surface area contributed by atoms with Gasteiger partial charge in [0.15, 0.2) is 0 Å². The first kappa shape index (κ1) is 9.11. The van der Waals surface area contributed by atoms with Gasteiger partial charge in [-0.05, 0) is 12.3 Å². The highest BCUT2D eigenvalue weighted by molar-refractivity contribution is 8.14. The summed E-state index contributed by atoms with van der Waals surface area (Å²) in [5.74, 6) is 1.91. The molecule has 2 heteroatoms. The van der Waals surface area contributed by atoms with E-state index < -0.39 is 0 Å². The molecule has 0 aromatic rings. The van der Waals surface area contributed by atoms with Crippen LogP contribution in [0.5, 0.6) is 0 Å². The number of hydrogen-bond acceptors (Lipinski definition) is 2. The molecule has 1 atom stereocenters. The molecular formula is C9H16NS. The van der Waals surface area contributed by atoms with Crippen LogP contribution in [0.4, 0.5) is 0 Å². The van der Waals surface area contributed by atoms with Gasteiger partial charge in [-0.25, -0.2) is 0 Å². The van der Waals surface area contributed by atoms with Gasteiger partial charge in [-0.3, -0.25) is 4.99 Å². The Morgan fingerprint density at radius 1 is 1.73 bits per heavy atom. The number of hydrogen-bond donors (Lipinski definition) is 0. The molecule has 1 radical (unpaired) electrons. The smallest absolute Gasteiger partial charge is 0.0835 e. The molecule has 0 N–H and O–H groups in total. The standard InChI is InChI=1S/C9H16NS/c1-3-4-8(2)7-9-10-5-6-11-9/h5,8H,3-4,6-7H2,1-2H3. The summed E-state index contributed by atoms with van der Waals surface area (Å²) < 4.78 is 0. The van der Waals surface area contributed by atoms with Gasteiger partial charge < -0.3 is 0 Å². The van der Waals surface area contributed by atoms with Crippen LogP contribution in [0.25, 0.3) is 0 Å². The Morgan fingerprint density at radius 2 is 2.55 bits per heavy atom. The van der Waals surface area contributed by atoms with E-state index in [0.717, 1.165) is 11.7 Å². The lowest BCUT2D eigenvalue weighted by atomic mass is 10.0. The van der Waals surface area contributed by atoms with Crippen LogP contribution in [0.2, 0.25) is 0 Å². The molecule has 1 aliphatic rings. The second-order valence-electron chi connectivity index (χ2n) is 3.11. The van der Waals surface area contributed by atoms with E-state index >= 15 is 0 Å². The molecule has 0 amide bonds. The van der Waals surface area contributed by atoms with Crippen LogP contribution < -0.4 is 0 Å². The highest BCUT2D eigenvalue weighted by Crippen LogP contribution is 2.22. The van der Waals surface area contributed by atoms with Crippen molar-refractivity contribution in [1.82, 2.24) is 0 Å². The Kier molecular flexibility index (Phi) is 3.98. The van der Waals surface area contributed by atoms with E-state index in [0.29, 0.717) is 0 Å². The van der Waals surface area contributed by atoms with Crippen LogP contribution in [0.15, 0.2) is 4.99 Å². The van der Waals surface area contributed by atoms with E-state index in [1.54, 1.807) is 0 Å². The lowest BCUT2D eigenvalue weighted by Gasteiger charge is -2.07. The summed E-state index contributed by atoms with van der Waals surface area (Å²) in [6, 6.07) is 0. The third-order valence-corrected chi connectivity index (χ3v) is 2.79. The summed E-state index contributed by atoms with van der Waals surface area (Å²) in [4.78, 5) is 4.31. The van der Waals surface area contributed by atoms with Crippen LogP contribution in [0.1, 0.15) is 33.1 Å². The first-order valence-corrected chi connectivity index (χ1v) is 5.32. The molecular weight excluding hydrogens is 154 g/mol. The van der Waals surface area contributed by atoms with Gasteiger partial charge in [-0.15, -0.1) is 11.8 Å². The third kappa shape index (κ3) is 3.28. The van der Waals surface area contributed by atoms with Gasteiger partial charge >= 0.3 is 0 Å². The first-order valence-electron chi connectivity index (χ1n) is 4.34. The fourth-order valence-corrected chi connectivity index (χ4v) is 2.21. The molecule has 11 heavy (non-hydrogen) atoms. The summed E-state index contributed by atoms with van der Waals surface area (Å²) in [6.45, 7) is 6.57. The Labute approximate surface area is 73.7 Å². The van der Waals surface area contributed by atoms with Gasteiger partial charge in [0.1, 0.15) is 0 Å². The fourth-order valence-electron chi connectivity index (χ4n) is 1.31. The zero-order valence-electron chi connectivity index (χ0n) is 7.34. The molecule has 1 rings (SSSR count). The molecule has 0 saturated carbocycles. The van der Waals surface area contributed by atoms with Crippen LogP contribution in [0.3, 0.4) is 0 Å². The maximum Gasteiger partial charge on any atom is 0.0835 e. The van der Waals surface area contributed by atoms with E-state index in [2.05, 4.69) is 18.8 Å². The van der Waals surface area contributed by atoms with Crippen molar-refractivity contribution in [1.29, 1.82) is 0 Å². The number of rotatable bonds is 4. The molecule has 0 fully saturated rings. The molecule has 63 valence electrons. The van der Waals surface area contributed by atoms with Gasteiger partial charge in [0.2, 0.25) is 0 Å². The van der Waals surface area contributed by atoms with Crippen LogP contribution in [0, 0.1) is 12.5 Å². The first-order chi connectivity index (χ1) is 5.33. The van der Waals surface area contributed by atoms with Crippen molar-refractivity contribution < 1.29 is 0 Å². The van der Waals surface area contributed by atoms with Crippen LogP contribution in [-0.4, -0.2) is 10.8 Å². The van der Waals surface area contributed by atoms with Crippen molar-refractivity contribution in [3.05, 3.63) is 6.54 Å². The van der Waals surface area contributed by atoms with Crippen molar-refractivity contribution >= 4 is 16.8 Å². The SMILES string of the molecule is CCCC(C)CC1=N[CH]CS1. The lowest BCUT2D eigenvalue weighted by molar-refractivity contribution is 0.547. The number of nitrogens with zero attached hydrogens (tertiary/aromatic N) is 1. The Morgan fingerprint density at radius 3 is 3.09 bits per heavy atom. The van der Waals surface area contributed by atoms with Crippen molar-refractivity contribution in [3.63, 3.8) is 0 Å². The van der Waals surface area contributed by atoms with Gasteiger partial charge in [-0.2, -0.15) is 0 Å². The highest BCUT2D eigenvalue weighted by Gasteiger charge is 2.10. The minimum Gasteiger partial charge on any atom is -0.276 e. The van der Waals surface area contributed by atoms with Crippen LogP contribution in [-0.2, 0) is 0 Å². The highest BCUT2D eigenvalue weighted by atomic mass is 32.2. The zero-order valence-corrected chi connectivity index (χ0v) is 8.16. The van der Waals surface area contributed by atoms with Gasteiger partial charge in [-0.1, -0.05) is 26.7 Å². The largest absolute Gasteiger partial charge is 0.276 e. The van der Waals surface area contributed by atoms with Gasteiger partial charge in [0.25, 0.3) is 0 Å². The predicted octanol–water partition coefficient (Wildman–Crippen LogP) is 3.12. The second kappa shape index (κ2) is 4.81. The molecule has 1 heterocycles. The van der Waals surface area contributed by atoms with Gasteiger partial charge in [0.05, 0.1) is 11.6 Å². The van der Waals surface area contributed by atoms with Crippen LogP contribution >= 0.6 is 11.8 Å². The second-order valence-corrected chi connectivity index (χ2v) is 4.21. The summed E-state index contributed by atoms with van der Waals surface area (Å²) in [5.41, 5.74) is 0. The Hall–Kier alpha value is 0.0200. The van der Waals surface area contributed by atoms with E-state index in [1.807, 2.05) is 18.3 Å². The average Bonchev–Trinajstić information content (AvgIpc) is 2.40. The average molecular weight is 170 g/mol. The summed E-state index contributed by atoms with van der Waals surface area (Å²) in [6.07, 6.45) is 3.82. The lowest BCUT2D eigenvalue weighted by Crippen LogP contribution is -1.99. The number of aliphatic imine (C=N–C) groups is 1. The van der Waals surface area contributed by atoms with Crippen molar-refractivity contribution in [2.45, 2.75) is 33.1 Å². The molecule has 1 aliphatic heterocycles. The van der Waals surface area contributed by atoms with E-state index in [4.69, 9.17) is 0 Å². The van der Waals surface area contributed by atoms with Crippen molar-refractivity contribution in [2.24, 2.45) is 10.9 Å². The number of thioether (sulfide) groups is 1. The molecule has 0 saturated heterocycles. The fraction of sp³-hybridized carbons (Fsp3) is 0.778. The quantitative estimate of drug-likeness (QED) is 0.631. The maximum absolute atomic E-state index is 4.31. The molecule has 1 nitrogen and oxygen atoms in total. The molecule has 0 aliphatic carbocycles. The minimum atomic E-state index is 0.817. The van der Waals surface area contributed by atoms with Gasteiger partial charge in [0, 0.05) is 5.75 Å². The Balaban J connectivity index is 2.18. The normalized spacial score (nSPS) is 20.0. The molecule has 0 aromatic carbocycles. The monoisotopic (exact) mass is 170 g/mol. The summed E-state index contributed by atoms with van der Waals surface area (Å²) in [7, 11) is 0. The zero-order chi connectivity index (χ0) is 8.10. The van der Waals surface area contributed by atoms with E-state index in [1.165, 1.54) is 24.3 Å². The topological polar surface area (TPSA) is 12.4 Å². The van der Waals surface area contributed by atoms with E-state index in [9.17, 15) is 0 Å². The van der Waals surface area contributed by atoms with Crippen molar-refractivity contribution in [2.75, 3.05) is 5.75 Å². The predicted molar refractivity (Wildman–Crippen MR) is 52.9 cm³/mol. The molecule has 1 unspecified atom stereocenters. The Bertz CT molecular complexity index is 142. The van der Waals surface area contributed by atoms with E-state index in [-0.39, 0.29) is 0 Å². The molecule has 0 spiro atoms. The third-order valence-electron chi connectivity index (χ3n) is 1.86. The minimum absolute atomic E-state index is 0.817.